The Morgan fingerprint density at radius 2 is 2.11 bits per heavy atom. The standard InChI is InChI=1S/C13H15Cl2N3/c1-2-3-6-18-8-17-12(13(18)16)10-5-4-9(14)7-11(10)15/h4-5,7-8H,2-3,6,16H2,1H3. The van der Waals surface area contributed by atoms with Gasteiger partial charge in [-0.3, -0.25) is 0 Å². The zero-order chi connectivity index (χ0) is 13.1. The van der Waals surface area contributed by atoms with E-state index < -0.39 is 0 Å². The molecule has 0 fully saturated rings. The summed E-state index contributed by atoms with van der Waals surface area (Å²) in [7, 11) is 0. The van der Waals surface area contributed by atoms with Gasteiger partial charge in [-0.25, -0.2) is 4.98 Å². The lowest BCUT2D eigenvalue weighted by Gasteiger charge is -2.06. The van der Waals surface area contributed by atoms with Crippen LogP contribution in [0.2, 0.25) is 10.0 Å². The van der Waals surface area contributed by atoms with Gasteiger partial charge >= 0.3 is 0 Å². The predicted octanol–water partition coefficient (Wildman–Crippen LogP) is 4.24. The van der Waals surface area contributed by atoms with Crippen molar-refractivity contribution in [2.45, 2.75) is 26.3 Å². The van der Waals surface area contributed by atoms with E-state index in [4.69, 9.17) is 28.9 Å². The van der Waals surface area contributed by atoms with E-state index in [0.717, 1.165) is 24.9 Å². The van der Waals surface area contributed by atoms with Gasteiger partial charge in [-0.05, 0) is 24.6 Å². The SMILES string of the molecule is CCCCn1cnc(-c2ccc(Cl)cc2Cl)c1N. The maximum Gasteiger partial charge on any atom is 0.131 e. The molecule has 0 bridgehead atoms. The Morgan fingerprint density at radius 1 is 1.33 bits per heavy atom. The van der Waals surface area contributed by atoms with E-state index in [1.54, 1.807) is 18.5 Å². The molecule has 0 radical (unpaired) electrons. The minimum absolute atomic E-state index is 0.565. The monoisotopic (exact) mass is 283 g/mol. The van der Waals surface area contributed by atoms with Crippen LogP contribution in [0.4, 0.5) is 5.82 Å². The van der Waals surface area contributed by atoms with Crippen LogP contribution < -0.4 is 5.73 Å². The van der Waals surface area contributed by atoms with E-state index in [1.807, 2.05) is 10.6 Å². The Morgan fingerprint density at radius 3 is 2.78 bits per heavy atom. The quantitative estimate of drug-likeness (QED) is 0.912. The molecule has 5 heteroatoms. The van der Waals surface area contributed by atoms with Crippen LogP contribution in [0.15, 0.2) is 24.5 Å². The summed E-state index contributed by atoms with van der Waals surface area (Å²) in [5.74, 6) is 0.646. The molecule has 2 aromatic rings. The minimum atomic E-state index is 0.565. The van der Waals surface area contributed by atoms with Crippen molar-refractivity contribution in [3.05, 3.63) is 34.6 Å². The Balaban J connectivity index is 2.36. The van der Waals surface area contributed by atoms with E-state index in [0.29, 0.717) is 21.6 Å². The zero-order valence-corrected chi connectivity index (χ0v) is 11.7. The Bertz CT molecular complexity index is 549. The van der Waals surface area contributed by atoms with E-state index in [9.17, 15) is 0 Å². The molecule has 2 N–H and O–H groups in total. The first-order valence-corrected chi connectivity index (χ1v) is 6.65. The van der Waals surface area contributed by atoms with Crippen molar-refractivity contribution >= 4 is 29.0 Å². The average Bonchev–Trinajstić information content (AvgIpc) is 2.68. The van der Waals surface area contributed by atoms with Gasteiger partial charge in [0.2, 0.25) is 0 Å². The Hall–Kier alpha value is -1.19. The third-order valence-electron chi connectivity index (χ3n) is 2.82. The fourth-order valence-electron chi connectivity index (χ4n) is 1.79. The van der Waals surface area contributed by atoms with Gasteiger partial charge in [-0.15, -0.1) is 0 Å². The topological polar surface area (TPSA) is 43.8 Å². The number of nitrogens with two attached hydrogens (primary N) is 1. The second kappa shape index (κ2) is 5.63. The van der Waals surface area contributed by atoms with Crippen LogP contribution in [-0.4, -0.2) is 9.55 Å². The van der Waals surface area contributed by atoms with Gasteiger partial charge in [-0.2, -0.15) is 0 Å². The summed E-state index contributed by atoms with van der Waals surface area (Å²) in [6.45, 7) is 3.02. The van der Waals surface area contributed by atoms with Crippen LogP contribution in [0.1, 0.15) is 19.8 Å². The van der Waals surface area contributed by atoms with Gasteiger partial charge in [0.15, 0.2) is 0 Å². The van der Waals surface area contributed by atoms with E-state index >= 15 is 0 Å². The number of anilines is 1. The predicted molar refractivity (Wildman–Crippen MR) is 77.0 cm³/mol. The number of rotatable bonds is 4. The second-order valence-corrected chi connectivity index (χ2v) is 4.99. The molecule has 0 aliphatic carbocycles. The summed E-state index contributed by atoms with van der Waals surface area (Å²) in [5, 5.41) is 1.17. The van der Waals surface area contributed by atoms with Gasteiger partial charge in [0.25, 0.3) is 0 Å². The summed E-state index contributed by atoms with van der Waals surface area (Å²) >= 11 is 12.0. The highest BCUT2D eigenvalue weighted by molar-refractivity contribution is 6.36. The third kappa shape index (κ3) is 2.62. The maximum atomic E-state index is 6.16. The first kappa shape index (κ1) is 13.2. The van der Waals surface area contributed by atoms with Gasteiger partial charge in [0, 0.05) is 17.1 Å². The molecule has 0 saturated carbocycles. The summed E-state index contributed by atoms with van der Waals surface area (Å²) in [6, 6.07) is 5.32. The first-order chi connectivity index (χ1) is 8.63. The van der Waals surface area contributed by atoms with Gasteiger partial charge < -0.3 is 10.3 Å². The van der Waals surface area contributed by atoms with Crippen molar-refractivity contribution < 1.29 is 0 Å². The fourth-order valence-corrected chi connectivity index (χ4v) is 2.29. The first-order valence-electron chi connectivity index (χ1n) is 5.89. The number of unbranched alkanes of at least 4 members (excludes halogenated alkanes) is 1. The Labute approximate surface area is 117 Å². The lowest BCUT2D eigenvalue weighted by molar-refractivity contribution is 0.637. The second-order valence-electron chi connectivity index (χ2n) is 4.15. The number of hydrogen-bond acceptors (Lipinski definition) is 2. The van der Waals surface area contributed by atoms with E-state index in [1.165, 1.54) is 0 Å². The van der Waals surface area contributed by atoms with Crippen molar-refractivity contribution in [1.82, 2.24) is 9.55 Å². The molecule has 1 aromatic carbocycles. The van der Waals surface area contributed by atoms with Crippen LogP contribution in [0.3, 0.4) is 0 Å². The van der Waals surface area contributed by atoms with Gasteiger partial charge in [0.1, 0.15) is 11.5 Å². The van der Waals surface area contributed by atoms with E-state index in [-0.39, 0.29) is 0 Å². The molecule has 0 aliphatic rings. The van der Waals surface area contributed by atoms with Crippen molar-refractivity contribution in [2.24, 2.45) is 0 Å². The smallest absolute Gasteiger partial charge is 0.131 e. The molecular formula is C13H15Cl2N3. The summed E-state index contributed by atoms with van der Waals surface area (Å²) in [4.78, 5) is 4.34. The molecule has 0 atom stereocenters. The molecule has 0 saturated heterocycles. The summed E-state index contributed by atoms with van der Waals surface area (Å²) < 4.78 is 1.95. The molecule has 3 nitrogen and oxygen atoms in total. The molecule has 18 heavy (non-hydrogen) atoms. The number of nitrogen functional groups attached to an aromatic ring is 1. The maximum absolute atomic E-state index is 6.16. The van der Waals surface area contributed by atoms with Crippen molar-refractivity contribution in [3.8, 4) is 11.3 Å². The number of aromatic nitrogens is 2. The number of aryl methyl sites for hydroxylation is 1. The van der Waals surface area contributed by atoms with Crippen molar-refractivity contribution in [3.63, 3.8) is 0 Å². The molecular weight excluding hydrogens is 269 g/mol. The highest BCUT2D eigenvalue weighted by Crippen LogP contribution is 2.32. The molecule has 2 rings (SSSR count). The molecule has 0 spiro atoms. The molecule has 0 amide bonds. The zero-order valence-electron chi connectivity index (χ0n) is 10.2. The van der Waals surface area contributed by atoms with Crippen LogP contribution in [0, 0.1) is 0 Å². The lowest BCUT2D eigenvalue weighted by atomic mass is 10.1. The van der Waals surface area contributed by atoms with Crippen LogP contribution in [-0.2, 0) is 6.54 Å². The molecule has 1 heterocycles. The molecule has 96 valence electrons. The molecule has 0 unspecified atom stereocenters. The van der Waals surface area contributed by atoms with Crippen LogP contribution in [0.25, 0.3) is 11.3 Å². The molecule has 1 aromatic heterocycles. The highest BCUT2D eigenvalue weighted by Gasteiger charge is 2.12. The normalized spacial score (nSPS) is 10.8. The van der Waals surface area contributed by atoms with Crippen LogP contribution in [0.5, 0.6) is 0 Å². The number of hydrogen-bond donors (Lipinski definition) is 1. The van der Waals surface area contributed by atoms with Crippen molar-refractivity contribution in [1.29, 1.82) is 0 Å². The highest BCUT2D eigenvalue weighted by atomic mass is 35.5. The largest absolute Gasteiger partial charge is 0.383 e. The van der Waals surface area contributed by atoms with Gasteiger partial charge in [0.05, 0.1) is 11.3 Å². The third-order valence-corrected chi connectivity index (χ3v) is 3.36. The Kier molecular flexibility index (Phi) is 4.15. The average molecular weight is 284 g/mol. The number of nitrogens with zero attached hydrogens (tertiary/aromatic N) is 2. The molecule has 0 aliphatic heterocycles. The number of halogens is 2. The number of benzene rings is 1. The number of imidazole rings is 1. The minimum Gasteiger partial charge on any atom is -0.383 e. The van der Waals surface area contributed by atoms with Crippen LogP contribution >= 0.6 is 23.2 Å². The fraction of sp³-hybridized carbons (Fsp3) is 0.308. The summed E-state index contributed by atoms with van der Waals surface area (Å²) in [5.41, 5.74) is 7.62. The van der Waals surface area contributed by atoms with Gasteiger partial charge in [-0.1, -0.05) is 36.5 Å². The van der Waals surface area contributed by atoms with E-state index in [2.05, 4.69) is 11.9 Å². The van der Waals surface area contributed by atoms with Crippen molar-refractivity contribution in [2.75, 3.05) is 5.73 Å². The lowest BCUT2D eigenvalue weighted by Crippen LogP contribution is -2.02. The summed E-state index contributed by atoms with van der Waals surface area (Å²) in [6.07, 6.45) is 3.95.